The van der Waals surface area contributed by atoms with Crippen LogP contribution in [0.4, 0.5) is 0 Å². The predicted octanol–water partition coefficient (Wildman–Crippen LogP) is 0.636. The molecule has 0 saturated heterocycles. The van der Waals surface area contributed by atoms with Crippen LogP contribution in [0.25, 0.3) is 0 Å². The van der Waals surface area contributed by atoms with Crippen LogP contribution in [-0.4, -0.2) is 28.0 Å². The molecule has 3 nitrogen and oxygen atoms in total. The largest absolute Gasteiger partial charge is 0.391 e. The van der Waals surface area contributed by atoms with Gasteiger partial charge in [0.25, 0.3) is 0 Å². The topological polar surface area (TPSA) is 66.5 Å². The molecular formula is C9H21NO2. The summed E-state index contributed by atoms with van der Waals surface area (Å²) in [7, 11) is 0. The summed E-state index contributed by atoms with van der Waals surface area (Å²) in [4.78, 5) is 0. The van der Waals surface area contributed by atoms with E-state index in [2.05, 4.69) is 6.92 Å². The highest BCUT2D eigenvalue weighted by molar-refractivity contribution is 4.93. The normalized spacial score (nSPS) is 21.5. The van der Waals surface area contributed by atoms with Crippen molar-refractivity contribution in [3.05, 3.63) is 0 Å². The van der Waals surface area contributed by atoms with E-state index < -0.39 is 17.7 Å². The molecule has 2 unspecified atom stereocenters. The standard InChI is InChI=1S/C9H21NO2/c1-4-5-6-9(10,7(2)11)8(3)12/h7-8,11-12H,4-6,10H2,1-3H3. The number of aliphatic hydroxyl groups excluding tert-OH is 2. The Balaban J connectivity index is 4.19. The van der Waals surface area contributed by atoms with Crippen LogP contribution in [0.1, 0.15) is 40.0 Å². The number of aliphatic hydroxyl groups is 2. The summed E-state index contributed by atoms with van der Waals surface area (Å²) >= 11 is 0. The predicted molar refractivity (Wildman–Crippen MR) is 49.8 cm³/mol. The molecule has 0 fully saturated rings. The second-order valence-corrected chi connectivity index (χ2v) is 3.57. The molecule has 0 radical (unpaired) electrons. The van der Waals surface area contributed by atoms with Gasteiger partial charge in [-0.15, -0.1) is 0 Å². The van der Waals surface area contributed by atoms with E-state index in [1.165, 1.54) is 0 Å². The average molecular weight is 175 g/mol. The minimum atomic E-state index is -0.837. The first-order chi connectivity index (χ1) is 5.45. The third-order valence-corrected chi connectivity index (χ3v) is 2.52. The lowest BCUT2D eigenvalue weighted by Crippen LogP contribution is -2.57. The van der Waals surface area contributed by atoms with Crippen LogP contribution in [0.5, 0.6) is 0 Å². The van der Waals surface area contributed by atoms with Gasteiger partial charge in [-0.05, 0) is 20.3 Å². The Kier molecular flexibility index (Phi) is 4.75. The molecule has 3 heteroatoms. The second kappa shape index (κ2) is 4.80. The number of unbranched alkanes of at least 4 members (excludes halogenated alkanes) is 1. The van der Waals surface area contributed by atoms with Gasteiger partial charge in [0.15, 0.2) is 0 Å². The van der Waals surface area contributed by atoms with Crippen molar-refractivity contribution in [3.63, 3.8) is 0 Å². The van der Waals surface area contributed by atoms with Gasteiger partial charge in [0.2, 0.25) is 0 Å². The summed E-state index contributed by atoms with van der Waals surface area (Å²) in [5.41, 5.74) is 5.03. The van der Waals surface area contributed by atoms with E-state index in [1.54, 1.807) is 13.8 Å². The lowest BCUT2D eigenvalue weighted by Gasteiger charge is -2.35. The minimum absolute atomic E-state index is 0.663. The fraction of sp³-hybridized carbons (Fsp3) is 1.00. The number of hydrogen-bond donors (Lipinski definition) is 3. The zero-order valence-corrected chi connectivity index (χ0v) is 8.25. The summed E-state index contributed by atoms with van der Waals surface area (Å²) in [6.07, 6.45) is 1.30. The Labute approximate surface area is 74.6 Å². The lowest BCUT2D eigenvalue weighted by molar-refractivity contribution is 0.00153. The molecule has 0 aliphatic carbocycles. The maximum absolute atomic E-state index is 9.38. The Morgan fingerprint density at radius 1 is 1.25 bits per heavy atom. The molecular weight excluding hydrogens is 154 g/mol. The lowest BCUT2D eigenvalue weighted by atomic mass is 9.84. The SMILES string of the molecule is CCCCC(N)(C(C)O)C(C)O. The number of nitrogens with two attached hydrogens (primary N) is 1. The molecule has 0 aromatic heterocycles. The monoisotopic (exact) mass is 175 g/mol. The highest BCUT2D eigenvalue weighted by atomic mass is 16.3. The average Bonchev–Trinajstić information content (AvgIpc) is 1.99. The van der Waals surface area contributed by atoms with Crippen LogP contribution >= 0.6 is 0 Å². The zero-order valence-electron chi connectivity index (χ0n) is 8.25. The van der Waals surface area contributed by atoms with E-state index in [1.807, 2.05) is 0 Å². The van der Waals surface area contributed by atoms with E-state index in [0.717, 1.165) is 12.8 Å². The molecule has 74 valence electrons. The first-order valence-corrected chi connectivity index (χ1v) is 4.60. The molecule has 4 N–H and O–H groups in total. The van der Waals surface area contributed by atoms with Crippen molar-refractivity contribution in [1.29, 1.82) is 0 Å². The second-order valence-electron chi connectivity index (χ2n) is 3.57. The summed E-state index contributed by atoms with van der Waals surface area (Å²) in [6, 6.07) is 0. The molecule has 0 spiro atoms. The molecule has 0 saturated carbocycles. The molecule has 0 aliphatic rings. The van der Waals surface area contributed by atoms with Gasteiger partial charge in [0.05, 0.1) is 17.7 Å². The first-order valence-electron chi connectivity index (χ1n) is 4.60. The molecule has 0 amide bonds. The Hall–Kier alpha value is -0.120. The third kappa shape index (κ3) is 2.73. The Morgan fingerprint density at radius 2 is 1.67 bits per heavy atom. The molecule has 2 atom stereocenters. The van der Waals surface area contributed by atoms with E-state index >= 15 is 0 Å². The van der Waals surface area contributed by atoms with Gasteiger partial charge >= 0.3 is 0 Å². The van der Waals surface area contributed by atoms with Crippen molar-refractivity contribution in [3.8, 4) is 0 Å². The minimum Gasteiger partial charge on any atom is -0.391 e. The van der Waals surface area contributed by atoms with Crippen molar-refractivity contribution in [1.82, 2.24) is 0 Å². The summed E-state index contributed by atoms with van der Waals surface area (Å²) in [5.74, 6) is 0. The van der Waals surface area contributed by atoms with Crippen LogP contribution in [0.2, 0.25) is 0 Å². The van der Waals surface area contributed by atoms with Gasteiger partial charge in [0.1, 0.15) is 0 Å². The maximum Gasteiger partial charge on any atom is 0.0716 e. The fourth-order valence-electron chi connectivity index (χ4n) is 1.25. The van der Waals surface area contributed by atoms with Crippen molar-refractivity contribution in [2.75, 3.05) is 0 Å². The van der Waals surface area contributed by atoms with Gasteiger partial charge in [-0.3, -0.25) is 0 Å². The van der Waals surface area contributed by atoms with Crippen LogP contribution in [0.3, 0.4) is 0 Å². The summed E-state index contributed by atoms with van der Waals surface area (Å²) in [6.45, 7) is 5.31. The highest BCUT2D eigenvalue weighted by Gasteiger charge is 2.34. The zero-order chi connectivity index (χ0) is 9.78. The van der Waals surface area contributed by atoms with Crippen molar-refractivity contribution in [2.24, 2.45) is 5.73 Å². The highest BCUT2D eigenvalue weighted by Crippen LogP contribution is 2.20. The van der Waals surface area contributed by atoms with Crippen LogP contribution in [0, 0.1) is 0 Å². The van der Waals surface area contributed by atoms with E-state index in [-0.39, 0.29) is 0 Å². The first kappa shape index (κ1) is 11.9. The van der Waals surface area contributed by atoms with Gasteiger partial charge < -0.3 is 15.9 Å². The third-order valence-electron chi connectivity index (χ3n) is 2.52. The quantitative estimate of drug-likeness (QED) is 0.574. The molecule has 0 heterocycles. The van der Waals surface area contributed by atoms with Gasteiger partial charge in [-0.25, -0.2) is 0 Å². The van der Waals surface area contributed by atoms with E-state index in [9.17, 15) is 10.2 Å². The van der Waals surface area contributed by atoms with Gasteiger partial charge in [-0.1, -0.05) is 19.8 Å². The maximum atomic E-state index is 9.38. The summed E-state index contributed by atoms with van der Waals surface area (Å²) < 4.78 is 0. The molecule has 0 aliphatic heterocycles. The van der Waals surface area contributed by atoms with Crippen molar-refractivity contribution in [2.45, 2.75) is 57.8 Å². The Bertz CT molecular complexity index is 116. The van der Waals surface area contributed by atoms with Gasteiger partial charge in [0, 0.05) is 0 Å². The van der Waals surface area contributed by atoms with Gasteiger partial charge in [-0.2, -0.15) is 0 Å². The smallest absolute Gasteiger partial charge is 0.0716 e. The molecule has 0 rings (SSSR count). The number of rotatable bonds is 5. The molecule has 0 aromatic carbocycles. The van der Waals surface area contributed by atoms with E-state index in [4.69, 9.17) is 5.73 Å². The van der Waals surface area contributed by atoms with E-state index in [0.29, 0.717) is 6.42 Å². The van der Waals surface area contributed by atoms with Crippen molar-refractivity contribution >= 4 is 0 Å². The fourth-order valence-corrected chi connectivity index (χ4v) is 1.25. The van der Waals surface area contributed by atoms with Crippen LogP contribution in [-0.2, 0) is 0 Å². The molecule has 12 heavy (non-hydrogen) atoms. The Morgan fingerprint density at radius 3 is 1.92 bits per heavy atom. The number of hydrogen-bond acceptors (Lipinski definition) is 3. The summed E-state index contributed by atoms with van der Waals surface area (Å²) in [5, 5.41) is 18.8. The van der Waals surface area contributed by atoms with Crippen LogP contribution < -0.4 is 5.73 Å². The van der Waals surface area contributed by atoms with Crippen molar-refractivity contribution < 1.29 is 10.2 Å². The molecule has 0 aromatic rings. The molecule has 0 bridgehead atoms. The van der Waals surface area contributed by atoms with Crippen LogP contribution in [0.15, 0.2) is 0 Å².